The minimum absolute atomic E-state index is 0.0376. The molecule has 5 heteroatoms. The molecule has 0 aromatic heterocycles. The first-order valence-electron chi connectivity index (χ1n) is 12.9. The fraction of sp³-hybridized carbons (Fsp3) is 0.242. The lowest BCUT2D eigenvalue weighted by Gasteiger charge is -2.27. The molecule has 0 amide bonds. The van der Waals surface area contributed by atoms with Crippen molar-refractivity contribution in [1.29, 1.82) is 0 Å². The van der Waals surface area contributed by atoms with E-state index < -0.39 is 11.6 Å². The van der Waals surface area contributed by atoms with E-state index in [9.17, 15) is 4.79 Å². The Kier molecular flexibility index (Phi) is 7.48. The minimum Gasteiger partial charge on any atom is -0.486 e. The molecule has 0 saturated carbocycles. The van der Waals surface area contributed by atoms with Crippen molar-refractivity contribution in [2.75, 3.05) is 6.61 Å². The third-order valence-electron chi connectivity index (χ3n) is 6.66. The molecule has 4 nitrogen and oxygen atoms in total. The van der Waals surface area contributed by atoms with E-state index in [4.69, 9.17) is 14.2 Å². The van der Waals surface area contributed by atoms with Crippen molar-refractivity contribution in [2.45, 2.75) is 54.1 Å². The third-order valence-corrected chi connectivity index (χ3v) is 8.85. The lowest BCUT2D eigenvalue weighted by atomic mass is 9.97. The number of carbonyl (C=O) groups is 1. The van der Waals surface area contributed by atoms with Crippen LogP contribution in [-0.2, 0) is 25.2 Å². The quantitative estimate of drug-likeness (QED) is 0.232. The van der Waals surface area contributed by atoms with Gasteiger partial charge in [0.15, 0.2) is 26.9 Å². The Bertz CT molecular complexity index is 1330. The fourth-order valence-electron chi connectivity index (χ4n) is 4.85. The van der Waals surface area contributed by atoms with E-state index in [1.165, 1.54) is 14.7 Å². The highest BCUT2D eigenvalue weighted by molar-refractivity contribution is 7.97. The average Bonchev–Trinajstić information content (AvgIpc) is 3.35. The standard InChI is InChI=1S/C33H33O4S/c1-23-19-28(38(26-14-7-5-8-15-26)27-16-9-6-10-17-27)20-24(2)32(23)35-22-31(34)37-33(3,4)30-21-25-13-11-12-18-29(25)36-30/h5-21,25,29H,22H2,1-4H3/q+1. The molecule has 2 unspecified atom stereocenters. The third kappa shape index (κ3) is 5.58. The Hall–Kier alpha value is -3.70. The summed E-state index contributed by atoms with van der Waals surface area (Å²) in [5.74, 6) is 1.12. The summed E-state index contributed by atoms with van der Waals surface area (Å²) in [6.07, 6.45) is 10.1. The maximum absolute atomic E-state index is 12.8. The summed E-state index contributed by atoms with van der Waals surface area (Å²) in [5, 5.41) is 0. The average molecular weight is 526 g/mol. The number of allylic oxidation sites excluding steroid dienone is 2. The van der Waals surface area contributed by atoms with Crippen LogP contribution in [0.15, 0.2) is 124 Å². The van der Waals surface area contributed by atoms with E-state index in [1.54, 1.807) is 0 Å². The highest BCUT2D eigenvalue weighted by Gasteiger charge is 2.38. The van der Waals surface area contributed by atoms with Gasteiger partial charge in [-0.3, -0.25) is 0 Å². The van der Waals surface area contributed by atoms with Gasteiger partial charge in [-0.1, -0.05) is 54.6 Å². The van der Waals surface area contributed by atoms with Crippen LogP contribution < -0.4 is 4.74 Å². The van der Waals surface area contributed by atoms with E-state index >= 15 is 0 Å². The van der Waals surface area contributed by atoms with Gasteiger partial charge in [0.1, 0.15) is 17.6 Å². The summed E-state index contributed by atoms with van der Waals surface area (Å²) in [6, 6.07) is 25.4. The number of fused-ring (bicyclic) bond motifs is 1. The number of benzene rings is 3. The maximum atomic E-state index is 12.8. The van der Waals surface area contributed by atoms with Crippen molar-refractivity contribution >= 4 is 16.9 Å². The Balaban J connectivity index is 1.30. The van der Waals surface area contributed by atoms with E-state index in [-0.39, 0.29) is 29.5 Å². The smallest absolute Gasteiger partial charge is 0.345 e. The summed E-state index contributed by atoms with van der Waals surface area (Å²) < 4.78 is 17.9. The first-order chi connectivity index (χ1) is 18.3. The monoisotopic (exact) mass is 525 g/mol. The molecular formula is C33H33O4S+. The zero-order valence-corrected chi connectivity index (χ0v) is 23.0. The van der Waals surface area contributed by atoms with Crippen molar-refractivity contribution in [1.82, 2.24) is 0 Å². The predicted molar refractivity (Wildman–Crippen MR) is 151 cm³/mol. The molecule has 1 aliphatic heterocycles. The zero-order valence-electron chi connectivity index (χ0n) is 22.2. The molecule has 38 heavy (non-hydrogen) atoms. The van der Waals surface area contributed by atoms with Crippen LogP contribution in [0.3, 0.4) is 0 Å². The second kappa shape index (κ2) is 11.0. The van der Waals surface area contributed by atoms with Gasteiger partial charge in [-0.2, -0.15) is 0 Å². The molecule has 0 saturated heterocycles. The molecule has 0 radical (unpaired) electrons. The second-order valence-electron chi connectivity index (χ2n) is 10.1. The van der Waals surface area contributed by atoms with Gasteiger partial charge >= 0.3 is 5.97 Å². The van der Waals surface area contributed by atoms with Gasteiger partial charge in [0.25, 0.3) is 0 Å². The van der Waals surface area contributed by atoms with Crippen LogP contribution in [0, 0.1) is 19.8 Å². The summed E-state index contributed by atoms with van der Waals surface area (Å²) in [4.78, 5) is 16.5. The van der Waals surface area contributed by atoms with Gasteiger partial charge in [-0.25, -0.2) is 4.79 Å². The largest absolute Gasteiger partial charge is 0.486 e. The van der Waals surface area contributed by atoms with Crippen LogP contribution in [0.4, 0.5) is 0 Å². The maximum Gasteiger partial charge on any atom is 0.345 e. The van der Waals surface area contributed by atoms with Gasteiger partial charge in [-0.05, 0) is 75.2 Å². The number of carbonyl (C=O) groups excluding carboxylic acids is 1. The van der Waals surface area contributed by atoms with Crippen LogP contribution in [0.1, 0.15) is 25.0 Å². The van der Waals surface area contributed by atoms with Crippen molar-refractivity contribution in [3.8, 4) is 5.75 Å². The van der Waals surface area contributed by atoms with Crippen LogP contribution in [-0.4, -0.2) is 24.3 Å². The van der Waals surface area contributed by atoms with E-state index in [0.717, 1.165) is 11.1 Å². The van der Waals surface area contributed by atoms with E-state index in [0.29, 0.717) is 11.5 Å². The van der Waals surface area contributed by atoms with Crippen molar-refractivity contribution in [2.24, 2.45) is 5.92 Å². The summed E-state index contributed by atoms with van der Waals surface area (Å²) in [6.45, 7) is 7.58. The first-order valence-corrected chi connectivity index (χ1v) is 14.1. The molecule has 3 aromatic rings. The first kappa shape index (κ1) is 25.9. The number of hydrogen-bond acceptors (Lipinski definition) is 4. The summed E-state index contributed by atoms with van der Waals surface area (Å²) in [7, 11) is -0.251. The number of ether oxygens (including phenoxy) is 3. The van der Waals surface area contributed by atoms with Crippen molar-refractivity contribution in [3.63, 3.8) is 0 Å². The highest BCUT2D eigenvalue weighted by atomic mass is 32.2. The van der Waals surface area contributed by atoms with E-state index in [2.05, 4.69) is 66.7 Å². The van der Waals surface area contributed by atoms with Crippen LogP contribution in [0.25, 0.3) is 0 Å². The Morgan fingerprint density at radius 3 is 2.03 bits per heavy atom. The number of esters is 1. The molecule has 0 fully saturated rings. The van der Waals surface area contributed by atoms with Crippen LogP contribution in [0.5, 0.6) is 5.75 Å². The number of rotatable bonds is 8. The lowest BCUT2D eigenvalue weighted by molar-refractivity contribution is -0.158. The van der Waals surface area contributed by atoms with Crippen LogP contribution in [0.2, 0.25) is 0 Å². The zero-order chi connectivity index (χ0) is 26.7. The molecule has 3 aromatic carbocycles. The normalized spacial score (nSPS) is 18.1. The molecular weight excluding hydrogens is 492 g/mol. The summed E-state index contributed by atoms with van der Waals surface area (Å²) in [5.41, 5.74) is 1.09. The van der Waals surface area contributed by atoms with Crippen LogP contribution >= 0.6 is 0 Å². The minimum atomic E-state index is -0.882. The van der Waals surface area contributed by atoms with Crippen molar-refractivity contribution < 1.29 is 19.0 Å². The Labute approximate surface area is 228 Å². The molecule has 5 rings (SSSR count). The van der Waals surface area contributed by atoms with Gasteiger partial charge in [0, 0.05) is 18.1 Å². The molecule has 0 spiro atoms. The molecule has 194 valence electrons. The van der Waals surface area contributed by atoms with Gasteiger partial charge in [0.05, 0.1) is 10.9 Å². The topological polar surface area (TPSA) is 44.8 Å². The lowest BCUT2D eigenvalue weighted by Crippen LogP contribution is -2.33. The molecule has 2 atom stereocenters. The number of aryl methyl sites for hydroxylation is 2. The molecule has 1 aliphatic carbocycles. The molecule has 0 N–H and O–H groups in total. The molecule has 0 bridgehead atoms. The van der Waals surface area contributed by atoms with E-state index in [1.807, 2.05) is 64.1 Å². The van der Waals surface area contributed by atoms with Gasteiger partial charge < -0.3 is 14.2 Å². The number of hydrogen-bond donors (Lipinski definition) is 0. The fourth-order valence-corrected chi connectivity index (χ4v) is 7.11. The van der Waals surface area contributed by atoms with Gasteiger partial charge in [-0.15, -0.1) is 0 Å². The predicted octanol–water partition coefficient (Wildman–Crippen LogP) is 7.12. The SMILES string of the molecule is Cc1cc([S+](c2ccccc2)c2ccccc2)cc(C)c1OCC(=O)OC(C)(C)C1=CC2C=CC=CC2O1. The highest BCUT2D eigenvalue weighted by Crippen LogP contribution is 2.37. The van der Waals surface area contributed by atoms with Crippen molar-refractivity contribution in [3.05, 3.63) is 120 Å². The Morgan fingerprint density at radius 2 is 1.45 bits per heavy atom. The molecule has 1 heterocycles. The Morgan fingerprint density at radius 1 is 0.868 bits per heavy atom. The second-order valence-corrected chi connectivity index (χ2v) is 12.1. The summed E-state index contributed by atoms with van der Waals surface area (Å²) >= 11 is 0. The van der Waals surface area contributed by atoms with Gasteiger partial charge in [0.2, 0.25) is 0 Å². The molecule has 2 aliphatic rings.